The van der Waals surface area contributed by atoms with Gasteiger partial charge in [0.15, 0.2) is 5.65 Å². The zero-order chi connectivity index (χ0) is 9.97. The van der Waals surface area contributed by atoms with E-state index >= 15 is 0 Å². The van der Waals surface area contributed by atoms with Crippen molar-refractivity contribution < 1.29 is 9.53 Å². The molecule has 0 aliphatic heterocycles. The molecule has 0 saturated heterocycles. The van der Waals surface area contributed by atoms with Gasteiger partial charge in [-0.2, -0.15) is 0 Å². The molecule has 0 saturated carbocycles. The van der Waals surface area contributed by atoms with E-state index in [1.165, 1.54) is 6.20 Å². The second kappa shape index (κ2) is 3.45. The van der Waals surface area contributed by atoms with E-state index in [1.807, 2.05) is 0 Å². The molecule has 0 bridgehead atoms. The highest BCUT2D eigenvalue weighted by Crippen LogP contribution is 2.03. The minimum atomic E-state index is -0.365. The molecular weight excluding hydrogens is 182 g/mol. The summed E-state index contributed by atoms with van der Waals surface area (Å²) in [5.41, 5.74) is 1.13. The van der Waals surface area contributed by atoms with E-state index in [0.717, 1.165) is 0 Å². The third-order valence-electron chi connectivity index (χ3n) is 1.77. The second-order valence-electron chi connectivity index (χ2n) is 2.72. The molecule has 5 nitrogen and oxygen atoms in total. The normalized spacial score (nSPS) is 10.4. The third kappa shape index (κ3) is 1.44. The fourth-order valence-corrected chi connectivity index (χ4v) is 1.14. The van der Waals surface area contributed by atoms with E-state index in [2.05, 4.69) is 9.97 Å². The number of esters is 1. The number of aromatic nitrogens is 3. The predicted molar refractivity (Wildman–Crippen MR) is 48.9 cm³/mol. The molecule has 0 radical (unpaired) electrons. The van der Waals surface area contributed by atoms with Crippen LogP contribution in [-0.4, -0.2) is 26.9 Å². The lowest BCUT2D eigenvalue weighted by molar-refractivity contribution is 0.0525. The molecule has 5 heteroatoms. The highest BCUT2D eigenvalue weighted by Gasteiger charge is 2.07. The molecule has 2 aromatic rings. The Morgan fingerprint density at radius 3 is 3.21 bits per heavy atom. The van der Waals surface area contributed by atoms with Gasteiger partial charge in [0.2, 0.25) is 0 Å². The number of imidazole rings is 1. The van der Waals surface area contributed by atoms with Gasteiger partial charge in [0.1, 0.15) is 6.33 Å². The molecule has 0 atom stereocenters. The molecule has 0 spiro atoms. The summed E-state index contributed by atoms with van der Waals surface area (Å²) >= 11 is 0. The SMILES string of the molecule is CCOC(=O)c1cnc2cncn2c1. The van der Waals surface area contributed by atoms with Gasteiger partial charge >= 0.3 is 5.97 Å². The minimum absolute atomic E-state index is 0.362. The maximum Gasteiger partial charge on any atom is 0.341 e. The van der Waals surface area contributed by atoms with Crippen LogP contribution in [0, 0.1) is 0 Å². The summed E-state index contributed by atoms with van der Waals surface area (Å²) in [4.78, 5) is 19.3. The van der Waals surface area contributed by atoms with Gasteiger partial charge in [0.05, 0.1) is 18.4 Å². The lowest BCUT2D eigenvalue weighted by Gasteiger charge is -2.01. The molecule has 0 unspecified atom stereocenters. The van der Waals surface area contributed by atoms with Crippen molar-refractivity contribution in [1.82, 2.24) is 14.4 Å². The van der Waals surface area contributed by atoms with Crippen LogP contribution in [0.3, 0.4) is 0 Å². The van der Waals surface area contributed by atoms with Crippen molar-refractivity contribution in [1.29, 1.82) is 0 Å². The topological polar surface area (TPSA) is 56.5 Å². The van der Waals surface area contributed by atoms with Gasteiger partial charge in [-0.1, -0.05) is 0 Å². The molecule has 0 aliphatic carbocycles. The summed E-state index contributed by atoms with van der Waals surface area (Å²) in [6.45, 7) is 2.13. The van der Waals surface area contributed by atoms with Gasteiger partial charge in [0, 0.05) is 12.4 Å². The second-order valence-corrected chi connectivity index (χ2v) is 2.72. The van der Waals surface area contributed by atoms with Crippen LogP contribution in [0.25, 0.3) is 5.65 Å². The average Bonchev–Trinajstić information content (AvgIpc) is 2.64. The van der Waals surface area contributed by atoms with Crippen molar-refractivity contribution in [3.63, 3.8) is 0 Å². The van der Waals surface area contributed by atoms with Crippen LogP contribution in [0.15, 0.2) is 24.9 Å². The largest absolute Gasteiger partial charge is 0.462 e. The first-order valence-corrected chi connectivity index (χ1v) is 4.26. The smallest absolute Gasteiger partial charge is 0.341 e. The average molecular weight is 191 g/mol. The zero-order valence-corrected chi connectivity index (χ0v) is 7.67. The Labute approximate surface area is 80.4 Å². The minimum Gasteiger partial charge on any atom is -0.462 e. The van der Waals surface area contributed by atoms with Gasteiger partial charge in [-0.15, -0.1) is 0 Å². The van der Waals surface area contributed by atoms with Crippen LogP contribution in [0.4, 0.5) is 0 Å². The summed E-state index contributed by atoms with van der Waals surface area (Å²) < 4.78 is 6.51. The Bertz CT molecular complexity index is 464. The third-order valence-corrected chi connectivity index (χ3v) is 1.77. The van der Waals surface area contributed by atoms with Gasteiger partial charge < -0.3 is 4.74 Å². The Hall–Kier alpha value is -1.91. The number of nitrogens with zero attached hydrogens (tertiary/aromatic N) is 3. The maximum absolute atomic E-state index is 11.3. The Balaban J connectivity index is 2.38. The number of ether oxygens (including phenoxy) is 1. The van der Waals surface area contributed by atoms with Gasteiger partial charge in [0.25, 0.3) is 0 Å². The first-order valence-electron chi connectivity index (χ1n) is 4.26. The van der Waals surface area contributed by atoms with E-state index in [1.54, 1.807) is 30.0 Å². The van der Waals surface area contributed by atoms with Crippen LogP contribution in [0.2, 0.25) is 0 Å². The number of rotatable bonds is 2. The highest BCUT2D eigenvalue weighted by atomic mass is 16.5. The lowest BCUT2D eigenvalue weighted by Crippen LogP contribution is -2.06. The molecular formula is C9H9N3O2. The van der Waals surface area contributed by atoms with Crippen LogP contribution < -0.4 is 0 Å². The summed E-state index contributed by atoms with van der Waals surface area (Å²) in [6.07, 6.45) is 6.34. The number of hydrogen-bond donors (Lipinski definition) is 0. The fourth-order valence-electron chi connectivity index (χ4n) is 1.14. The maximum atomic E-state index is 11.3. The molecule has 0 aromatic carbocycles. The predicted octanol–water partition coefficient (Wildman–Crippen LogP) is 0.906. The quantitative estimate of drug-likeness (QED) is 0.662. The Kier molecular flexibility index (Phi) is 2.14. The first-order chi connectivity index (χ1) is 6.81. The highest BCUT2D eigenvalue weighted by molar-refractivity contribution is 5.88. The molecule has 0 N–H and O–H groups in total. The van der Waals surface area contributed by atoms with Crippen molar-refractivity contribution in [2.45, 2.75) is 6.92 Å². The van der Waals surface area contributed by atoms with Crippen molar-refractivity contribution in [2.24, 2.45) is 0 Å². The van der Waals surface area contributed by atoms with Crippen molar-refractivity contribution in [3.05, 3.63) is 30.5 Å². The summed E-state index contributed by atoms with van der Waals surface area (Å²) in [7, 11) is 0. The molecule has 0 fully saturated rings. The molecule has 0 aliphatic rings. The lowest BCUT2D eigenvalue weighted by atomic mass is 10.3. The first kappa shape index (κ1) is 8.68. The van der Waals surface area contributed by atoms with Crippen LogP contribution in [0.5, 0.6) is 0 Å². The van der Waals surface area contributed by atoms with Crippen LogP contribution in [0.1, 0.15) is 17.3 Å². The molecule has 14 heavy (non-hydrogen) atoms. The van der Waals surface area contributed by atoms with Crippen molar-refractivity contribution in [3.8, 4) is 0 Å². The summed E-state index contributed by atoms with van der Waals surface area (Å²) in [6, 6.07) is 0. The van der Waals surface area contributed by atoms with Crippen molar-refractivity contribution in [2.75, 3.05) is 6.61 Å². The monoisotopic (exact) mass is 191 g/mol. The van der Waals surface area contributed by atoms with Gasteiger partial charge in [-0.3, -0.25) is 4.40 Å². The molecule has 2 heterocycles. The van der Waals surface area contributed by atoms with E-state index in [0.29, 0.717) is 17.8 Å². The van der Waals surface area contributed by atoms with Crippen LogP contribution >= 0.6 is 0 Å². The van der Waals surface area contributed by atoms with Gasteiger partial charge in [-0.05, 0) is 6.92 Å². The molecule has 2 rings (SSSR count). The van der Waals surface area contributed by atoms with E-state index in [-0.39, 0.29) is 5.97 Å². The number of carbonyl (C=O) groups excluding carboxylic acids is 1. The fraction of sp³-hybridized carbons (Fsp3) is 0.222. The van der Waals surface area contributed by atoms with Crippen LogP contribution in [-0.2, 0) is 4.74 Å². The number of carbonyl (C=O) groups is 1. The Morgan fingerprint density at radius 1 is 1.57 bits per heavy atom. The van der Waals surface area contributed by atoms with E-state index < -0.39 is 0 Å². The standard InChI is InChI=1S/C9H9N3O2/c1-2-14-9(13)7-3-11-8-4-10-6-12(8)5-7/h3-6H,2H2,1H3. The van der Waals surface area contributed by atoms with E-state index in [4.69, 9.17) is 4.74 Å². The summed E-state index contributed by atoms with van der Waals surface area (Å²) in [5, 5.41) is 0. The van der Waals surface area contributed by atoms with Crippen molar-refractivity contribution >= 4 is 11.6 Å². The molecule has 0 amide bonds. The molecule has 2 aromatic heterocycles. The van der Waals surface area contributed by atoms with Gasteiger partial charge in [-0.25, -0.2) is 14.8 Å². The number of fused-ring (bicyclic) bond motifs is 1. The van der Waals surface area contributed by atoms with E-state index in [9.17, 15) is 4.79 Å². The zero-order valence-electron chi connectivity index (χ0n) is 7.67. The Morgan fingerprint density at radius 2 is 2.43 bits per heavy atom. The summed E-state index contributed by atoms with van der Waals surface area (Å²) in [5.74, 6) is -0.365. The number of hydrogen-bond acceptors (Lipinski definition) is 4. The molecule has 72 valence electrons.